The molecule has 0 radical (unpaired) electrons. The van der Waals surface area contributed by atoms with Crippen LogP contribution >= 0.6 is 12.2 Å². The summed E-state index contributed by atoms with van der Waals surface area (Å²) in [4.78, 5) is 0.856. The average Bonchev–Trinajstić information content (AvgIpc) is 2.37. The standard InChI is InChI=1S/C16H19F3S/c1-10-9-13(5-8-15(10)11(2)20)12-3-6-14(7-4-12)16(17,18)19/h5,8-9,12,14H,3-4,6-7H2,1-2H3. The number of halogens is 3. The fourth-order valence-corrected chi connectivity index (χ4v) is 3.32. The van der Waals surface area contributed by atoms with Crippen molar-refractivity contribution in [3.8, 4) is 0 Å². The maximum absolute atomic E-state index is 12.7. The van der Waals surface area contributed by atoms with E-state index in [-0.39, 0.29) is 18.8 Å². The SMILES string of the molecule is CC(=S)c1ccc(C2CCC(C(F)(F)F)CC2)cc1C. The van der Waals surface area contributed by atoms with E-state index in [1.54, 1.807) is 0 Å². The quantitative estimate of drug-likeness (QED) is 0.508. The van der Waals surface area contributed by atoms with E-state index in [1.807, 2.05) is 26.0 Å². The number of hydrogen-bond donors (Lipinski definition) is 0. The normalized spacial score (nSPS) is 23.6. The summed E-state index contributed by atoms with van der Waals surface area (Å²) in [7, 11) is 0. The molecule has 0 N–H and O–H groups in total. The maximum Gasteiger partial charge on any atom is 0.391 e. The summed E-state index contributed by atoms with van der Waals surface area (Å²) in [5.41, 5.74) is 3.34. The monoisotopic (exact) mass is 300 g/mol. The van der Waals surface area contributed by atoms with Gasteiger partial charge in [0, 0.05) is 4.86 Å². The van der Waals surface area contributed by atoms with Gasteiger partial charge in [0.05, 0.1) is 5.92 Å². The predicted molar refractivity (Wildman–Crippen MR) is 79.3 cm³/mol. The predicted octanol–water partition coefficient (Wildman–Crippen LogP) is 5.57. The molecule has 1 aromatic rings. The number of benzene rings is 1. The van der Waals surface area contributed by atoms with E-state index in [0.717, 1.165) is 21.6 Å². The van der Waals surface area contributed by atoms with Crippen molar-refractivity contribution in [3.05, 3.63) is 34.9 Å². The minimum Gasteiger partial charge on any atom is -0.171 e. The van der Waals surface area contributed by atoms with Crippen LogP contribution in [-0.2, 0) is 0 Å². The first-order valence-corrected chi connectivity index (χ1v) is 7.38. The summed E-state index contributed by atoms with van der Waals surface area (Å²) >= 11 is 5.18. The molecule has 0 spiro atoms. The zero-order chi connectivity index (χ0) is 14.9. The average molecular weight is 300 g/mol. The number of hydrogen-bond acceptors (Lipinski definition) is 1. The fraction of sp³-hybridized carbons (Fsp3) is 0.562. The molecule has 1 saturated carbocycles. The van der Waals surface area contributed by atoms with Gasteiger partial charge in [-0.05, 0) is 62.1 Å². The molecule has 1 aromatic carbocycles. The highest BCUT2D eigenvalue weighted by Crippen LogP contribution is 2.43. The molecule has 0 unspecified atom stereocenters. The van der Waals surface area contributed by atoms with Crippen LogP contribution in [0.2, 0.25) is 0 Å². The second-order valence-corrected chi connectivity index (χ2v) is 6.33. The summed E-state index contributed by atoms with van der Waals surface area (Å²) in [6.45, 7) is 3.90. The van der Waals surface area contributed by atoms with Crippen LogP contribution < -0.4 is 0 Å². The lowest BCUT2D eigenvalue weighted by atomic mass is 9.78. The van der Waals surface area contributed by atoms with E-state index in [9.17, 15) is 13.2 Å². The minimum absolute atomic E-state index is 0.251. The molecule has 1 fully saturated rings. The Morgan fingerprint density at radius 1 is 1.15 bits per heavy atom. The Bertz CT molecular complexity index is 497. The molecular formula is C16H19F3S. The number of rotatable bonds is 2. The van der Waals surface area contributed by atoms with Crippen LogP contribution in [-0.4, -0.2) is 11.0 Å². The number of alkyl halides is 3. The fourth-order valence-electron chi connectivity index (χ4n) is 3.09. The molecule has 1 aliphatic carbocycles. The van der Waals surface area contributed by atoms with Gasteiger partial charge in [0.25, 0.3) is 0 Å². The molecule has 1 aliphatic rings. The number of thiocarbonyl (C=S) groups is 1. The van der Waals surface area contributed by atoms with Gasteiger partial charge in [-0.1, -0.05) is 30.4 Å². The van der Waals surface area contributed by atoms with E-state index in [1.165, 1.54) is 0 Å². The first kappa shape index (κ1) is 15.5. The highest BCUT2D eigenvalue weighted by atomic mass is 32.1. The van der Waals surface area contributed by atoms with Gasteiger partial charge in [0.2, 0.25) is 0 Å². The zero-order valence-electron chi connectivity index (χ0n) is 11.8. The zero-order valence-corrected chi connectivity index (χ0v) is 12.6. The second-order valence-electron chi connectivity index (χ2n) is 5.72. The third-order valence-corrected chi connectivity index (χ3v) is 4.51. The molecule has 0 aromatic heterocycles. The van der Waals surface area contributed by atoms with Crippen LogP contribution in [0.15, 0.2) is 18.2 Å². The molecule has 2 rings (SSSR count). The van der Waals surface area contributed by atoms with Crippen molar-refractivity contribution in [2.24, 2.45) is 5.92 Å². The molecule has 20 heavy (non-hydrogen) atoms. The Morgan fingerprint density at radius 2 is 1.75 bits per heavy atom. The van der Waals surface area contributed by atoms with Crippen molar-refractivity contribution in [2.45, 2.75) is 51.6 Å². The highest BCUT2D eigenvalue weighted by Gasteiger charge is 2.41. The first-order valence-electron chi connectivity index (χ1n) is 6.97. The van der Waals surface area contributed by atoms with Gasteiger partial charge in [-0.3, -0.25) is 0 Å². The Hall–Kier alpha value is -0.900. The third kappa shape index (κ3) is 3.40. The van der Waals surface area contributed by atoms with Crippen LogP contribution in [0.25, 0.3) is 0 Å². The van der Waals surface area contributed by atoms with E-state index < -0.39 is 12.1 Å². The Kier molecular flexibility index (Phi) is 4.52. The van der Waals surface area contributed by atoms with Gasteiger partial charge in [-0.2, -0.15) is 13.2 Å². The summed E-state index contributed by atoms with van der Waals surface area (Å²) in [6.07, 6.45) is -2.28. The third-order valence-electron chi connectivity index (χ3n) is 4.29. The van der Waals surface area contributed by atoms with Crippen LogP contribution in [0.4, 0.5) is 13.2 Å². The van der Waals surface area contributed by atoms with Crippen LogP contribution in [0, 0.1) is 12.8 Å². The topological polar surface area (TPSA) is 0 Å². The molecule has 0 saturated heterocycles. The molecule has 0 heterocycles. The Labute approximate surface area is 123 Å². The Morgan fingerprint density at radius 3 is 2.20 bits per heavy atom. The molecule has 0 bridgehead atoms. The largest absolute Gasteiger partial charge is 0.391 e. The Balaban J connectivity index is 2.08. The van der Waals surface area contributed by atoms with E-state index in [2.05, 4.69) is 6.07 Å². The van der Waals surface area contributed by atoms with Gasteiger partial charge < -0.3 is 0 Å². The van der Waals surface area contributed by atoms with Gasteiger partial charge in [0.15, 0.2) is 0 Å². The molecule has 0 nitrogen and oxygen atoms in total. The lowest BCUT2D eigenvalue weighted by Gasteiger charge is -2.30. The summed E-state index contributed by atoms with van der Waals surface area (Å²) in [6, 6.07) is 6.11. The van der Waals surface area contributed by atoms with Crippen LogP contribution in [0.3, 0.4) is 0 Å². The van der Waals surface area contributed by atoms with Crippen LogP contribution in [0.5, 0.6) is 0 Å². The van der Waals surface area contributed by atoms with Crippen molar-refractivity contribution in [2.75, 3.05) is 0 Å². The molecule has 0 atom stereocenters. The molecule has 0 amide bonds. The van der Waals surface area contributed by atoms with Crippen molar-refractivity contribution in [1.29, 1.82) is 0 Å². The summed E-state index contributed by atoms with van der Waals surface area (Å²) in [5.74, 6) is -0.853. The lowest BCUT2D eigenvalue weighted by Crippen LogP contribution is -2.27. The van der Waals surface area contributed by atoms with Crippen molar-refractivity contribution in [3.63, 3.8) is 0 Å². The summed E-state index contributed by atoms with van der Waals surface area (Å²) in [5, 5.41) is 0. The van der Waals surface area contributed by atoms with Crippen molar-refractivity contribution < 1.29 is 13.2 Å². The number of aryl methyl sites for hydroxylation is 1. The first-order chi connectivity index (χ1) is 9.29. The molecule has 0 aliphatic heterocycles. The van der Waals surface area contributed by atoms with Gasteiger partial charge >= 0.3 is 6.18 Å². The maximum atomic E-state index is 12.7. The highest BCUT2D eigenvalue weighted by molar-refractivity contribution is 7.80. The van der Waals surface area contributed by atoms with Crippen molar-refractivity contribution >= 4 is 17.1 Å². The van der Waals surface area contributed by atoms with E-state index >= 15 is 0 Å². The molecular weight excluding hydrogens is 281 g/mol. The van der Waals surface area contributed by atoms with Crippen LogP contribution in [0.1, 0.15) is 55.2 Å². The molecule has 4 heteroatoms. The van der Waals surface area contributed by atoms with Gasteiger partial charge in [0.1, 0.15) is 0 Å². The van der Waals surface area contributed by atoms with Gasteiger partial charge in [-0.15, -0.1) is 0 Å². The minimum atomic E-state index is -4.03. The lowest BCUT2D eigenvalue weighted by molar-refractivity contribution is -0.182. The van der Waals surface area contributed by atoms with Gasteiger partial charge in [-0.25, -0.2) is 0 Å². The summed E-state index contributed by atoms with van der Waals surface area (Å²) < 4.78 is 38.0. The van der Waals surface area contributed by atoms with Crippen molar-refractivity contribution in [1.82, 2.24) is 0 Å². The second kappa shape index (κ2) is 5.84. The molecule has 110 valence electrons. The van der Waals surface area contributed by atoms with E-state index in [4.69, 9.17) is 12.2 Å². The van der Waals surface area contributed by atoms with E-state index in [0.29, 0.717) is 12.8 Å². The smallest absolute Gasteiger partial charge is 0.171 e.